The molecule has 2 atom stereocenters. The molecule has 0 fully saturated rings. The van der Waals surface area contributed by atoms with Crippen molar-refractivity contribution in [2.75, 3.05) is 0 Å². The van der Waals surface area contributed by atoms with Gasteiger partial charge in [-0.15, -0.1) is 20.4 Å². The fourth-order valence-electron chi connectivity index (χ4n) is 10.6. The van der Waals surface area contributed by atoms with Crippen molar-refractivity contribution in [1.82, 2.24) is 34.3 Å². The average molecular weight is 907 g/mol. The minimum atomic E-state index is -5.95. The molecular formula is C52H43N7O3Si3. The predicted octanol–water partition coefficient (Wildman–Crippen LogP) is 7.28. The molecule has 12 rings (SSSR count). The molecule has 316 valence electrons. The van der Waals surface area contributed by atoms with E-state index in [2.05, 4.69) is 84.0 Å². The summed E-state index contributed by atoms with van der Waals surface area (Å²) in [6.07, 6.45) is 1.86. The largest absolute Gasteiger partial charge is 0.457 e. The molecule has 1 aliphatic rings. The van der Waals surface area contributed by atoms with Gasteiger partial charge in [-0.05, 0) is 63.2 Å². The summed E-state index contributed by atoms with van der Waals surface area (Å²) in [6.45, 7) is -8.76. The first-order valence-electron chi connectivity index (χ1n) is 25.6. The van der Waals surface area contributed by atoms with Crippen molar-refractivity contribution in [1.29, 1.82) is 0 Å². The van der Waals surface area contributed by atoms with Gasteiger partial charge in [0.15, 0.2) is 35.2 Å². The van der Waals surface area contributed by atoms with E-state index in [0.717, 1.165) is 56.1 Å². The standard InChI is InChI=1S/C52H43N7O3Si3/c1-63(2,50-56-53-34-60-50)52(64(3,4)51-57-54-35-61-51)40-25-11-16-31-46(40)62-48-41(52)26-18-32-47(48)65(37-20-7-5-8-21-37,38-22-9-6-10-23-38)39-24-17-19-36(33-39)58-44-29-14-15-30-45(44)59-43-28-13-12-27-42(43)55-49(58)59/h5-35H,1-4H3/i1D3,2D3,3D3. The number of imidazole rings is 2. The van der Waals surface area contributed by atoms with Crippen LogP contribution in [0.25, 0.3) is 33.5 Å². The van der Waals surface area contributed by atoms with Crippen LogP contribution in [-0.4, -0.2) is 58.6 Å². The minimum absolute atomic E-state index is 0.00883. The molecule has 65 heavy (non-hydrogen) atoms. The molecule has 5 heterocycles. The molecule has 10 nitrogen and oxygen atoms in total. The number of fused-ring (bicyclic) bond motifs is 7. The van der Waals surface area contributed by atoms with Gasteiger partial charge in [0, 0.05) is 33.8 Å². The molecule has 0 amide bonds. The minimum Gasteiger partial charge on any atom is -0.457 e. The van der Waals surface area contributed by atoms with E-state index in [9.17, 15) is 12.3 Å². The Bertz CT molecular complexity index is 3860. The molecule has 0 radical (unpaired) electrons. The van der Waals surface area contributed by atoms with Crippen molar-refractivity contribution < 1.29 is 25.9 Å². The maximum atomic E-state index is 9.78. The lowest BCUT2D eigenvalue weighted by molar-refractivity contribution is 0.451. The van der Waals surface area contributed by atoms with Crippen LogP contribution in [-0.2, 0) is 4.66 Å². The molecule has 1 aliphatic heterocycles. The second-order valence-corrected chi connectivity index (χ2v) is 26.9. The number of hydrogen-bond acceptors (Lipinski definition) is 8. The first-order chi connectivity index (χ1) is 35.5. The fraction of sp³-hybridized carbons (Fsp3) is 0.0962. The number of para-hydroxylation sites is 6. The van der Waals surface area contributed by atoms with E-state index in [1.807, 2.05) is 84.9 Å². The summed E-state index contributed by atoms with van der Waals surface area (Å²) >= 11 is 0. The molecule has 0 N–H and O–H groups in total. The zero-order chi connectivity index (χ0) is 51.5. The highest BCUT2D eigenvalue weighted by molar-refractivity contribution is 7.20. The van der Waals surface area contributed by atoms with Crippen LogP contribution in [0.2, 0.25) is 26.0 Å². The van der Waals surface area contributed by atoms with Crippen LogP contribution < -0.4 is 36.5 Å². The van der Waals surface area contributed by atoms with Crippen LogP contribution in [0.1, 0.15) is 23.5 Å². The first-order valence-corrected chi connectivity index (χ1v) is 27.6. The van der Waals surface area contributed by atoms with Crippen molar-refractivity contribution in [3.63, 3.8) is 0 Å². The van der Waals surface area contributed by atoms with Gasteiger partial charge in [-0.2, -0.15) is 0 Å². The number of aromatic nitrogens is 7. The van der Waals surface area contributed by atoms with E-state index >= 15 is 0 Å². The quantitative estimate of drug-likeness (QED) is 0.110. The van der Waals surface area contributed by atoms with Crippen molar-refractivity contribution in [3.05, 3.63) is 200 Å². The highest BCUT2D eigenvalue weighted by atomic mass is 28.4. The molecule has 4 aromatic heterocycles. The number of hydrogen-bond donors (Lipinski definition) is 0. The van der Waals surface area contributed by atoms with Crippen LogP contribution in [0.3, 0.4) is 0 Å². The molecular weight excluding hydrogens is 855 g/mol. The Labute approximate surface area is 390 Å². The predicted molar refractivity (Wildman–Crippen MR) is 263 cm³/mol. The van der Waals surface area contributed by atoms with Crippen molar-refractivity contribution in [2.45, 2.75) is 30.6 Å². The summed E-state index contributed by atoms with van der Waals surface area (Å²) in [4.78, 5) is 5.19. The maximum Gasteiger partial charge on any atom is 0.220 e. The van der Waals surface area contributed by atoms with E-state index in [1.54, 1.807) is 36.4 Å². The number of benzene rings is 7. The number of nitrogens with zero attached hydrogens (tertiary/aromatic N) is 7. The lowest BCUT2D eigenvalue weighted by Crippen LogP contribution is -2.77. The summed E-state index contributed by atoms with van der Waals surface area (Å²) in [7, 11) is -15.0. The van der Waals surface area contributed by atoms with Gasteiger partial charge in [0.25, 0.3) is 0 Å². The van der Waals surface area contributed by atoms with Gasteiger partial charge >= 0.3 is 0 Å². The molecule has 7 aromatic carbocycles. The van der Waals surface area contributed by atoms with Gasteiger partial charge in [0.1, 0.15) is 11.5 Å². The Balaban J connectivity index is 1.28. The van der Waals surface area contributed by atoms with Gasteiger partial charge in [-0.3, -0.25) is 8.97 Å². The van der Waals surface area contributed by atoms with Gasteiger partial charge < -0.3 is 13.6 Å². The van der Waals surface area contributed by atoms with Gasteiger partial charge in [-0.25, -0.2) is 4.98 Å². The molecule has 11 aromatic rings. The van der Waals surface area contributed by atoms with Crippen LogP contribution >= 0.6 is 0 Å². The van der Waals surface area contributed by atoms with E-state index in [0.29, 0.717) is 11.0 Å². The Morgan fingerprint density at radius 3 is 1.83 bits per heavy atom. The third-order valence-electron chi connectivity index (χ3n) is 13.2. The van der Waals surface area contributed by atoms with Crippen molar-refractivity contribution in [2.24, 2.45) is 0 Å². The number of rotatable bonds is 9. The summed E-state index contributed by atoms with van der Waals surface area (Å²) in [6, 6.07) is 56.1. The monoisotopic (exact) mass is 906 g/mol. The Kier molecular flexibility index (Phi) is 6.84. The lowest BCUT2D eigenvalue weighted by Gasteiger charge is -2.54. The Hall–Kier alpha value is -7.46. The molecule has 0 aliphatic carbocycles. The summed E-state index contributed by atoms with van der Waals surface area (Å²) < 4.78 is 109. The van der Waals surface area contributed by atoms with E-state index in [-0.39, 0.29) is 22.6 Å². The lowest BCUT2D eigenvalue weighted by atomic mass is 9.98. The normalized spacial score (nSPS) is 18.6. The fourth-order valence-corrected chi connectivity index (χ4v) is 23.4. The van der Waals surface area contributed by atoms with Gasteiger partial charge in [0.2, 0.25) is 18.6 Å². The van der Waals surface area contributed by atoms with Gasteiger partial charge in [-0.1, -0.05) is 159 Å². The van der Waals surface area contributed by atoms with Crippen molar-refractivity contribution >= 4 is 83.8 Å². The molecule has 13 heteroatoms. The summed E-state index contributed by atoms with van der Waals surface area (Å²) in [5.74, 6) is 0.839. The Morgan fingerprint density at radius 2 is 1.14 bits per heavy atom. The summed E-state index contributed by atoms with van der Waals surface area (Å²) in [5.41, 5.74) is 3.38. The zero-order valence-electron chi connectivity index (χ0n) is 43.8. The zero-order valence-corrected chi connectivity index (χ0v) is 37.8. The van der Waals surface area contributed by atoms with E-state index < -0.39 is 59.3 Å². The second kappa shape index (κ2) is 14.5. The first kappa shape index (κ1) is 30.6. The molecule has 2 unspecified atom stereocenters. The van der Waals surface area contributed by atoms with E-state index in [4.69, 9.17) is 18.6 Å². The third-order valence-corrected chi connectivity index (χ3v) is 26.2. The SMILES string of the molecule is [2H]C([2H])([2H])[Si](C)(c1nnco1)C1([Si](c2nnco2)(C([2H])([2H])[2H])C([2H])([2H])[2H])c2ccccc2Oc2c1cccc2[Si](c1ccccc1)(c1ccccc1)c1cccc(-n2c3ccccc3n3c4ccccc4nc23)c1. The maximum absolute atomic E-state index is 9.78. The van der Waals surface area contributed by atoms with Crippen LogP contribution in [0, 0.1) is 0 Å². The molecule has 0 saturated carbocycles. The number of ether oxygens (including phenoxy) is 1. The van der Waals surface area contributed by atoms with Crippen LogP contribution in [0.15, 0.2) is 198 Å². The van der Waals surface area contributed by atoms with Crippen LogP contribution in [0.4, 0.5) is 0 Å². The third kappa shape index (κ3) is 5.34. The van der Waals surface area contributed by atoms with Gasteiger partial charge in [0.05, 0.1) is 22.1 Å². The molecule has 0 bridgehead atoms. The molecule has 0 spiro atoms. The Morgan fingerprint density at radius 1 is 0.554 bits per heavy atom. The van der Waals surface area contributed by atoms with Crippen molar-refractivity contribution in [3.8, 4) is 17.2 Å². The van der Waals surface area contributed by atoms with Crippen LogP contribution in [0.5, 0.6) is 11.5 Å². The highest BCUT2D eigenvalue weighted by Gasteiger charge is 2.68. The second-order valence-electron chi connectivity index (χ2n) is 16.5. The topological polar surface area (TPSA) is 109 Å². The highest BCUT2D eigenvalue weighted by Crippen LogP contribution is 2.56. The van der Waals surface area contributed by atoms with E-state index in [1.165, 1.54) is 6.55 Å². The summed E-state index contributed by atoms with van der Waals surface area (Å²) in [5, 5.41) is 19.7. The average Bonchev–Trinajstić information content (AvgIpc) is 4.23. The molecule has 0 saturated heterocycles. The smallest absolute Gasteiger partial charge is 0.220 e.